The van der Waals surface area contributed by atoms with E-state index in [9.17, 15) is 0 Å². The zero-order valence-corrected chi connectivity index (χ0v) is 9.68. The van der Waals surface area contributed by atoms with Gasteiger partial charge in [-0.1, -0.05) is 0 Å². The van der Waals surface area contributed by atoms with Crippen LogP contribution in [0.25, 0.3) is 0 Å². The van der Waals surface area contributed by atoms with Crippen molar-refractivity contribution in [3.05, 3.63) is 59.9 Å². The maximum Gasteiger partial charge on any atom is 0.173 e. The molecule has 1 heterocycles. The van der Waals surface area contributed by atoms with Gasteiger partial charge < -0.3 is 4.74 Å². The molecule has 0 atom stereocenters. The largest absolute Gasteiger partial charge is 0.497 e. The van der Waals surface area contributed by atoms with Gasteiger partial charge in [0.25, 0.3) is 0 Å². The van der Waals surface area contributed by atoms with Crippen LogP contribution in [0.5, 0.6) is 5.75 Å². The fourth-order valence-electron chi connectivity index (χ4n) is 1.69. The number of ether oxygens (including phenoxy) is 1. The van der Waals surface area contributed by atoms with E-state index in [0.717, 1.165) is 12.3 Å². The van der Waals surface area contributed by atoms with E-state index in [2.05, 4.69) is 48.1 Å². The summed E-state index contributed by atoms with van der Waals surface area (Å²) < 4.78 is 7.31. The van der Waals surface area contributed by atoms with Crippen LogP contribution in [-0.4, -0.2) is 7.11 Å². The Morgan fingerprint density at radius 2 is 1.88 bits per heavy atom. The van der Waals surface area contributed by atoms with Gasteiger partial charge in [0.05, 0.1) is 7.11 Å². The molecule has 0 saturated carbocycles. The van der Waals surface area contributed by atoms with Gasteiger partial charge in [0, 0.05) is 17.2 Å². The molecule has 2 heteroatoms. The fraction of sp³-hybridized carbons (Fsp3) is 0.214. The second kappa shape index (κ2) is 4.79. The second-order valence-electron chi connectivity index (χ2n) is 3.90. The summed E-state index contributed by atoms with van der Waals surface area (Å²) >= 11 is 0. The van der Waals surface area contributed by atoms with Gasteiger partial charge in [0.15, 0.2) is 18.9 Å². The first-order chi connectivity index (χ1) is 7.78. The third-order valence-corrected chi connectivity index (χ3v) is 2.53. The van der Waals surface area contributed by atoms with E-state index in [4.69, 9.17) is 4.74 Å². The van der Waals surface area contributed by atoms with E-state index in [0.29, 0.717) is 0 Å². The van der Waals surface area contributed by atoms with Crippen LogP contribution in [0.4, 0.5) is 0 Å². The van der Waals surface area contributed by atoms with Gasteiger partial charge in [-0.05, 0) is 37.3 Å². The summed E-state index contributed by atoms with van der Waals surface area (Å²) in [6, 6.07) is 12.3. The maximum absolute atomic E-state index is 5.13. The van der Waals surface area contributed by atoms with Gasteiger partial charge in [0.2, 0.25) is 0 Å². The number of nitrogens with zero attached hydrogens (tertiary/aromatic N) is 1. The monoisotopic (exact) mass is 214 g/mol. The third-order valence-electron chi connectivity index (χ3n) is 2.53. The summed E-state index contributed by atoms with van der Waals surface area (Å²) in [6.45, 7) is 3.00. The van der Waals surface area contributed by atoms with Crippen molar-refractivity contribution in [1.82, 2.24) is 0 Å². The van der Waals surface area contributed by atoms with Gasteiger partial charge >= 0.3 is 0 Å². The SMILES string of the molecule is COc1ccc(C[n+]2cccc(C)c2)cc1. The molecule has 0 spiro atoms. The first-order valence-corrected chi connectivity index (χ1v) is 5.36. The summed E-state index contributed by atoms with van der Waals surface area (Å²) in [5.41, 5.74) is 2.55. The number of aryl methyl sites for hydroxylation is 1. The Morgan fingerprint density at radius 1 is 1.12 bits per heavy atom. The topological polar surface area (TPSA) is 13.1 Å². The standard InChI is InChI=1S/C14H16NO/c1-12-4-3-9-15(10-12)11-13-5-7-14(16-2)8-6-13/h3-10H,11H2,1-2H3/q+1. The second-order valence-corrected chi connectivity index (χ2v) is 3.90. The smallest absolute Gasteiger partial charge is 0.173 e. The minimum Gasteiger partial charge on any atom is -0.497 e. The molecular formula is C14H16NO+. The molecule has 82 valence electrons. The summed E-state index contributed by atoms with van der Waals surface area (Å²) in [7, 11) is 1.68. The maximum atomic E-state index is 5.13. The van der Waals surface area contributed by atoms with Gasteiger partial charge in [-0.15, -0.1) is 0 Å². The Hall–Kier alpha value is -1.83. The molecule has 1 aromatic carbocycles. The molecule has 2 nitrogen and oxygen atoms in total. The van der Waals surface area contributed by atoms with Crippen LogP contribution in [0.3, 0.4) is 0 Å². The number of pyridine rings is 1. The minimum absolute atomic E-state index is 0.895. The van der Waals surface area contributed by atoms with Gasteiger partial charge in [0.1, 0.15) is 5.75 Å². The van der Waals surface area contributed by atoms with E-state index < -0.39 is 0 Å². The van der Waals surface area contributed by atoms with E-state index in [-0.39, 0.29) is 0 Å². The Morgan fingerprint density at radius 3 is 2.50 bits per heavy atom. The Kier molecular flexibility index (Phi) is 3.20. The van der Waals surface area contributed by atoms with Crippen LogP contribution in [0.2, 0.25) is 0 Å². The number of aromatic nitrogens is 1. The average Bonchev–Trinajstić information content (AvgIpc) is 2.30. The van der Waals surface area contributed by atoms with E-state index >= 15 is 0 Å². The zero-order chi connectivity index (χ0) is 11.4. The lowest BCUT2D eigenvalue weighted by molar-refractivity contribution is -0.688. The van der Waals surface area contributed by atoms with Crippen molar-refractivity contribution < 1.29 is 9.30 Å². The van der Waals surface area contributed by atoms with Gasteiger partial charge in [-0.25, -0.2) is 4.57 Å². The van der Waals surface area contributed by atoms with Crippen molar-refractivity contribution in [3.8, 4) is 5.75 Å². The van der Waals surface area contributed by atoms with Gasteiger partial charge in [-0.2, -0.15) is 0 Å². The van der Waals surface area contributed by atoms with Crippen LogP contribution in [-0.2, 0) is 6.54 Å². The van der Waals surface area contributed by atoms with Crippen LogP contribution in [0, 0.1) is 6.92 Å². The first kappa shape index (κ1) is 10.7. The van der Waals surface area contributed by atoms with Crippen molar-refractivity contribution in [2.24, 2.45) is 0 Å². The number of hydrogen-bond donors (Lipinski definition) is 0. The lowest BCUT2D eigenvalue weighted by Crippen LogP contribution is -2.33. The van der Waals surface area contributed by atoms with E-state index in [1.807, 2.05) is 12.1 Å². The van der Waals surface area contributed by atoms with Crippen LogP contribution in [0.1, 0.15) is 11.1 Å². The summed E-state index contributed by atoms with van der Waals surface area (Å²) in [5.74, 6) is 0.901. The highest BCUT2D eigenvalue weighted by Crippen LogP contribution is 2.10. The number of hydrogen-bond acceptors (Lipinski definition) is 1. The first-order valence-electron chi connectivity index (χ1n) is 5.36. The molecular weight excluding hydrogens is 198 g/mol. The molecule has 1 aromatic heterocycles. The number of rotatable bonds is 3. The fourth-order valence-corrected chi connectivity index (χ4v) is 1.69. The molecule has 0 fully saturated rings. The number of methoxy groups -OCH3 is 1. The zero-order valence-electron chi connectivity index (χ0n) is 9.68. The molecule has 0 N–H and O–H groups in total. The molecule has 0 saturated heterocycles. The lowest BCUT2D eigenvalue weighted by atomic mass is 10.2. The predicted molar refractivity (Wildman–Crippen MR) is 63.5 cm³/mol. The van der Waals surface area contributed by atoms with Crippen LogP contribution in [0.15, 0.2) is 48.8 Å². The molecule has 0 bridgehead atoms. The summed E-state index contributed by atoms with van der Waals surface area (Å²) in [4.78, 5) is 0. The normalized spacial score (nSPS) is 10.1. The average molecular weight is 214 g/mol. The lowest BCUT2D eigenvalue weighted by Gasteiger charge is -2.01. The van der Waals surface area contributed by atoms with Crippen molar-refractivity contribution in [2.75, 3.05) is 7.11 Å². The molecule has 0 aliphatic heterocycles. The van der Waals surface area contributed by atoms with E-state index in [1.54, 1.807) is 7.11 Å². The summed E-state index contributed by atoms with van der Waals surface area (Å²) in [6.07, 6.45) is 4.22. The quantitative estimate of drug-likeness (QED) is 0.715. The van der Waals surface area contributed by atoms with Crippen molar-refractivity contribution in [2.45, 2.75) is 13.5 Å². The van der Waals surface area contributed by atoms with Crippen LogP contribution < -0.4 is 9.30 Å². The Labute approximate surface area is 96.1 Å². The molecule has 0 radical (unpaired) electrons. The van der Waals surface area contributed by atoms with Gasteiger partial charge in [-0.3, -0.25) is 0 Å². The number of benzene rings is 1. The van der Waals surface area contributed by atoms with Crippen LogP contribution >= 0.6 is 0 Å². The molecule has 0 amide bonds. The minimum atomic E-state index is 0.895. The highest BCUT2D eigenvalue weighted by molar-refractivity contribution is 5.26. The van der Waals surface area contributed by atoms with Crippen molar-refractivity contribution >= 4 is 0 Å². The Bertz CT molecular complexity index is 462. The third kappa shape index (κ3) is 2.60. The molecule has 16 heavy (non-hydrogen) atoms. The highest BCUT2D eigenvalue weighted by Gasteiger charge is 2.02. The van der Waals surface area contributed by atoms with Crippen molar-refractivity contribution in [3.63, 3.8) is 0 Å². The molecule has 2 rings (SSSR count). The van der Waals surface area contributed by atoms with Crippen molar-refractivity contribution in [1.29, 1.82) is 0 Å². The van der Waals surface area contributed by atoms with E-state index in [1.165, 1.54) is 11.1 Å². The molecule has 0 aliphatic rings. The highest BCUT2D eigenvalue weighted by atomic mass is 16.5. The predicted octanol–water partition coefficient (Wildman–Crippen LogP) is 2.34. The molecule has 0 aliphatic carbocycles. The molecule has 0 unspecified atom stereocenters. The Balaban J connectivity index is 2.14. The summed E-state index contributed by atoms with van der Waals surface area (Å²) in [5, 5.41) is 0. The molecule has 2 aromatic rings.